The molecular weight excluding hydrogens is 140 g/mol. The van der Waals surface area contributed by atoms with E-state index >= 15 is 0 Å². The number of ketones is 1. The minimum atomic E-state index is 0.131. The number of hydrogen-bond donors (Lipinski definition) is 0. The monoisotopic (exact) mass is 152 g/mol. The van der Waals surface area contributed by atoms with Crippen molar-refractivity contribution in [2.45, 2.75) is 25.9 Å². The van der Waals surface area contributed by atoms with Crippen LogP contribution in [0.1, 0.15) is 19.8 Å². The molecule has 0 N–H and O–H groups in total. The minimum absolute atomic E-state index is 0.131. The number of fused-ring (bicyclic) bond motifs is 1. The van der Waals surface area contributed by atoms with Gasteiger partial charge in [0.1, 0.15) is 5.78 Å². The van der Waals surface area contributed by atoms with Gasteiger partial charge in [0.25, 0.3) is 0 Å². The van der Waals surface area contributed by atoms with Crippen molar-refractivity contribution >= 4 is 5.78 Å². The van der Waals surface area contributed by atoms with E-state index in [-0.39, 0.29) is 6.10 Å². The molecule has 2 aliphatic rings. The van der Waals surface area contributed by atoms with Gasteiger partial charge in [-0.05, 0) is 11.5 Å². The van der Waals surface area contributed by atoms with Crippen LogP contribution in [-0.4, -0.2) is 18.5 Å². The van der Waals surface area contributed by atoms with Gasteiger partial charge in [0.2, 0.25) is 0 Å². The van der Waals surface area contributed by atoms with E-state index in [2.05, 4.69) is 13.0 Å². The van der Waals surface area contributed by atoms with Crippen LogP contribution in [0.4, 0.5) is 0 Å². The lowest BCUT2D eigenvalue weighted by Gasteiger charge is -2.24. The van der Waals surface area contributed by atoms with Gasteiger partial charge in [-0.15, -0.1) is 0 Å². The van der Waals surface area contributed by atoms with Crippen molar-refractivity contribution in [2.24, 2.45) is 5.92 Å². The lowest BCUT2D eigenvalue weighted by atomic mass is 9.83. The zero-order valence-corrected chi connectivity index (χ0v) is 6.67. The van der Waals surface area contributed by atoms with Crippen LogP contribution in [0.2, 0.25) is 0 Å². The van der Waals surface area contributed by atoms with Crippen molar-refractivity contribution in [3.05, 3.63) is 11.6 Å². The molecule has 0 aromatic heterocycles. The van der Waals surface area contributed by atoms with Crippen LogP contribution < -0.4 is 0 Å². The standard InChI is InChI=1S/C9H12O2/c1-6-4-7(10)5-9-8(6)2-3-11-9/h2,6,9H,3-5H2,1H3. The summed E-state index contributed by atoms with van der Waals surface area (Å²) in [6.45, 7) is 2.81. The molecule has 0 spiro atoms. The zero-order valence-electron chi connectivity index (χ0n) is 6.67. The Morgan fingerprint density at radius 2 is 2.36 bits per heavy atom. The van der Waals surface area contributed by atoms with E-state index in [0.29, 0.717) is 31.1 Å². The molecule has 2 atom stereocenters. The molecule has 2 nitrogen and oxygen atoms in total. The SMILES string of the molecule is CC1CC(=O)CC2OCC=C12. The Morgan fingerprint density at radius 3 is 3.18 bits per heavy atom. The fourth-order valence-electron chi connectivity index (χ4n) is 1.93. The van der Waals surface area contributed by atoms with Crippen LogP contribution >= 0.6 is 0 Å². The summed E-state index contributed by atoms with van der Waals surface area (Å²) in [6.07, 6.45) is 3.58. The first kappa shape index (κ1) is 7.04. The molecule has 1 heterocycles. The highest BCUT2D eigenvalue weighted by Gasteiger charge is 2.32. The summed E-state index contributed by atoms with van der Waals surface area (Å²) >= 11 is 0. The van der Waals surface area contributed by atoms with Crippen LogP contribution in [-0.2, 0) is 9.53 Å². The summed E-state index contributed by atoms with van der Waals surface area (Å²) in [6, 6.07) is 0. The maximum atomic E-state index is 11.1. The van der Waals surface area contributed by atoms with Crippen LogP contribution in [0.25, 0.3) is 0 Å². The maximum Gasteiger partial charge on any atom is 0.136 e. The van der Waals surface area contributed by atoms with Gasteiger partial charge in [0.15, 0.2) is 0 Å². The average molecular weight is 152 g/mol. The molecular formula is C9H12O2. The van der Waals surface area contributed by atoms with E-state index < -0.39 is 0 Å². The first-order chi connectivity index (χ1) is 5.27. The Morgan fingerprint density at radius 1 is 1.55 bits per heavy atom. The van der Waals surface area contributed by atoms with Gasteiger partial charge >= 0.3 is 0 Å². The molecule has 2 unspecified atom stereocenters. The molecule has 0 aromatic rings. The average Bonchev–Trinajstić information content (AvgIpc) is 2.34. The predicted molar refractivity (Wildman–Crippen MR) is 41.2 cm³/mol. The fourth-order valence-corrected chi connectivity index (χ4v) is 1.93. The quantitative estimate of drug-likeness (QED) is 0.489. The van der Waals surface area contributed by atoms with Gasteiger partial charge in [0, 0.05) is 12.8 Å². The molecule has 1 aliphatic heterocycles. The molecule has 0 aromatic carbocycles. The number of rotatable bonds is 0. The molecule has 1 aliphatic carbocycles. The zero-order chi connectivity index (χ0) is 7.84. The number of carbonyl (C=O) groups is 1. The molecule has 11 heavy (non-hydrogen) atoms. The second kappa shape index (κ2) is 2.45. The number of ether oxygens (including phenoxy) is 1. The summed E-state index contributed by atoms with van der Waals surface area (Å²) in [5.74, 6) is 0.769. The second-order valence-electron chi connectivity index (χ2n) is 3.37. The van der Waals surface area contributed by atoms with Crippen molar-refractivity contribution in [1.29, 1.82) is 0 Å². The van der Waals surface area contributed by atoms with Crippen molar-refractivity contribution in [3.8, 4) is 0 Å². The highest BCUT2D eigenvalue weighted by atomic mass is 16.5. The molecule has 1 saturated carbocycles. The Balaban J connectivity index is 2.20. The van der Waals surface area contributed by atoms with Gasteiger partial charge < -0.3 is 4.74 Å². The highest BCUT2D eigenvalue weighted by Crippen LogP contribution is 2.32. The van der Waals surface area contributed by atoms with Crippen molar-refractivity contribution in [1.82, 2.24) is 0 Å². The Labute approximate surface area is 66.2 Å². The third-order valence-corrected chi connectivity index (χ3v) is 2.50. The normalized spacial score (nSPS) is 36.8. The van der Waals surface area contributed by atoms with E-state index in [9.17, 15) is 4.79 Å². The minimum Gasteiger partial charge on any atom is -0.369 e. The van der Waals surface area contributed by atoms with Crippen molar-refractivity contribution in [3.63, 3.8) is 0 Å². The van der Waals surface area contributed by atoms with E-state index in [4.69, 9.17) is 4.74 Å². The van der Waals surface area contributed by atoms with Crippen LogP contribution in [0, 0.1) is 5.92 Å². The first-order valence-corrected chi connectivity index (χ1v) is 4.10. The van der Waals surface area contributed by atoms with Gasteiger partial charge in [-0.25, -0.2) is 0 Å². The Bertz CT molecular complexity index is 218. The molecule has 0 amide bonds. The number of Topliss-reactive ketones (excluding diaryl/α,β-unsaturated/α-hetero) is 1. The Kier molecular flexibility index (Phi) is 1.57. The lowest BCUT2D eigenvalue weighted by molar-refractivity contribution is -0.123. The maximum absolute atomic E-state index is 11.1. The largest absolute Gasteiger partial charge is 0.369 e. The van der Waals surface area contributed by atoms with Crippen LogP contribution in [0.3, 0.4) is 0 Å². The summed E-state index contributed by atoms with van der Waals surface area (Å²) in [7, 11) is 0. The van der Waals surface area contributed by atoms with E-state index in [1.807, 2.05) is 0 Å². The summed E-state index contributed by atoms with van der Waals surface area (Å²) in [5, 5.41) is 0. The smallest absolute Gasteiger partial charge is 0.136 e. The second-order valence-corrected chi connectivity index (χ2v) is 3.37. The molecule has 60 valence electrons. The van der Waals surface area contributed by atoms with Crippen molar-refractivity contribution < 1.29 is 9.53 Å². The van der Waals surface area contributed by atoms with E-state index in [1.165, 1.54) is 5.57 Å². The number of carbonyl (C=O) groups excluding carboxylic acids is 1. The lowest BCUT2D eigenvalue weighted by Crippen LogP contribution is -2.26. The first-order valence-electron chi connectivity index (χ1n) is 4.10. The summed E-state index contributed by atoms with van der Waals surface area (Å²) < 4.78 is 5.38. The van der Waals surface area contributed by atoms with Gasteiger partial charge in [-0.2, -0.15) is 0 Å². The highest BCUT2D eigenvalue weighted by molar-refractivity contribution is 5.81. The Hall–Kier alpha value is -0.630. The fraction of sp³-hybridized carbons (Fsp3) is 0.667. The molecule has 2 heteroatoms. The van der Waals surface area contributed by atoms with Crippen LogP contribution in [0.15, 0.2) is 11.6 Å². The summed E-state index contributed by atoms with van der Waals surface area (Å²) in [5.41, 5.74) is 1.35. The molecule has 1 fully saturated rings. The van der Waals surface area contributed by atoms with E-state index in [0.717, 1.165) is 0 Å². The third kappa shape index (κ3) is 1.11. The molecule has 0 bridgehead atoms. The van der Waals surface area contributed by atoms with Crippen LogP contribution in [0.5, 0.6) is 0 Å². The molecule has 0 saturated heterocycles. The topological polar surface area (TPSA) is 26.3 Å². The number of hydrogen-bond acceptors (Lipinski definition) is 2. The molecule has 0 radical (unpaired) electrons. The van der Waals surface area contributed by atoms with Crippen molar-refractivity contribution in [2.75, 3.05) is 6.61 Å². The van der Waals surface area contributed by atoms with Gasteiger partial charge in [-0.1, -0.05) is 13.0 Å². The van der Waals surface area contributed by atoms with E-state index in [1.54, 1.807) is 0 Å². The molecule has 2 rings (SSSR count). The predicted octanol–water partition coefficient (Wildman–Crippen LogP) is 1.31. The van der Waals surface area contributed by atoms with Gasteiger partial charge in [0.05, 0.1) is 12.7 Å². The van der Waals surface area contributed by atoms with Gasteiger partial charge in [-0.3, -0.25) is 4.79 Å². The summed E-state index contributed by atoms with van der Waals surface area (Å²) in [4.78, 5) is 11.1. The third-order valence-electron chi connectivity index (χ3n) is 2.50.